The van der Waals surface area contributed by atoms with Crippen molar-refractivity contribution in [1.29, 1.82) is 0 Å². The average Bonchev–Trinajstić information content (AvgIpc) is 2.32. The molecule has 1 aliphatic heterocycles. The smallest absolute Gasteiger partial charge is 0.148 e. The molecule has 1 aliphatic rings. The second-order valence-corrected chi connectivity index (χ2v) is 2.35. The monoisotopic (exact) mass is 206 g/mol. The molecule has 0 unspecified atom stereocenters. The summed E-state index contributed by atoms with van der Waals surface area (Å²) in [4.78, 5) is 8.24. The van der Waals surface area contributed by atoms with Crippen LogP contribution in [0.5, 0.6) is 0 Å². The fourth-order valence-corrected chi connectivity index (χ4v) is 1.05. The quantitative estimate of drug-likeness (QED) is 0.683. The highest BCUT2D eigenvalue weighted by atomic mass is 16.5. The minimum Gasteiger partial charge on any atom is -0.494 e. The number of allylic oxidation sites excluding steroid dienone is 2. The minimum absolute atomic E-state index is 0.711. The van der Waals surface area contributed by atoms with Crippen molar-refractivity contribution in [2.24, 2.45) is 9.98 Å². The van der Waals surface area contributed by atoms with Crippen LogP contribution in [0.4, 0.5) is 0 Å². The summed E-state index contributed by atoms with van der Waals surface area (Å²) in [6, 6.07) is 0. The molecule has 1 heterocycles. The standard InChI is InChI=1S/C10H12N2O.C2H6/c1-4-8-10(11-5-2)9(13-3)6-7-12-8;1-2/h4-7H,2H2,1,3H3;1-2H3/b8-4+,11-10?;. The molecule has 0 aromatic heterocycles. The number of hydrogen-bond donors (Lipinski definition) is 0. The highest BCUT2D eigenvalue weighted by molar-refractivity contribution is 6.15. The highest BCUT2D eigenvalue weighted by Gasteiger charge is 2.13. The van der Waals surface area contributed by atoms with Gasteiger partial charge >= 0.3 is 0 Å². The predicted octanol–water partition coefficient (Wildman–Crippen LogP) is 3.12. The van der Waals surface area contributed by atoms with Crippen LogP contribution in [0.25, 0.3) is 0 Å². The van der Waals surface area contributed by atoms with Crippen LogP contribution in [-0.2, 0) is 4.74 Å². The van der Waals surface area contributed by atoms with Crippen molar-refractivity contribution in [2.75, 3.05) is 7.11 Å². The number of methoxy groups -OCH3 is 1. The fraction of sp³-hybridized carbons (Fsp3) is 0.333. The van der Waals surface area contributed by atoms with Crippen LogP contribution in [0.15, 0.2) is 46.4 Å². The first-order valence-corrected chi connectivity index (χ1v) is 4.97. The van der Waals surface area contributed by atoms with Crippen LogP contribution in [0.3, 0.4) is 0 Å². The molecule has 82 valence electrons. The third kappa shape index (κ3) is 3.54. The molecule has 1 rings (SSSR count). The van der Waals surface area contributed by atoms with Gasteiger partial charge in [-0.25, -0.2) is 0 Å². The number of hydrogen-bond acceptors (Lipinski definition) is 3. The Labute approximate surface area is 91.6 Å². The second-order valence-electron chi connectivity index (χ2n) is 2.35. The summed E-state index contributed by atoms with van der Waals surface area (Å²) < 4.78 is 5.14. The predicted molar refractivity (Wildman–Crippen MR) is 66.3 cm³/mol. The van der Waals surface area contributed by atoms with Crippen molar-refractivity contribution in [3.05, 3.63) is 36.4 Å². The lowest BCUT2D eigenvalue weighted by Crippen LogP contribution is -2.10. The van der Waals surface area contributed by atoms with Crippen LogP contribution in [0.1, 0.15) is 20.8 Å². The van der Waals surface area contributed by atoms with Gasteiger partial charge < -0.3 is 4.74 Å². The Kier molecular flexibility index (Phi) is 6.89. The van der Waals surface area contributed by atoms with Gasteiger partial charge in [0.15, 0.2) is 0 Å². The summed E-state index contributed by atoms with van der Waals surface area (Å²) in [6.07, 6.45) is 6.82. The summed E-state index contributed by atoms with van der Waals surface area (Å²) >= 11 is 0. The van der Waals surface area contributed by atoms with E-state index < -0.39 is 0 Å². The van der Waals surface area contributed by atoms with Gasteiger partial charge in [-0.05, 0) is 6.92 Å². The molecule has 0 radical (unpaired) electrons. The summed E-state index contributed by atoms with van der Waals surface area (Å²) in [7, 11) is 1.61. The topological polar surface area (TPSA) is 34.0 Å². The van der Waals surface area contributed by atoms with Gasteiger partial charge in [0.05, 0.1) is 12.8 Å². The van der Waals surface area contributed by atoms with E-state index in [0.717, 1.165) is 11.4 Å². The Morgan fingerprint density at radius 1 is 1.47 bits per heavy atom. The minimum atomic E-state index is 0.711. The van der Waals surface area contributed by atoms with Crippen LogP contribution >= 0.6 is 0 Å². The van der Waals surface area contributed by atoms with Crippen LogP contribution in [0, 0.1) is 0 Å². The third-order valence-corrected chi connectivity index (χ3v) is 1.63. The van der Waals surface area contributed by atoms with Gasteiger partial charge in [-0.15, -0.1) is 0 Å². The third-order valence-electron chi connectivity index (χ3n) is 1.63. The molecule has 0 saturated carbocycles. The van der Waals surface area contributed by atoms with E-state index in [1.807, 2.05) is 26.8 Å². The van der Waals surface area contributed by atoms with Crippen LogP contribution < -0.4 is 0 Å². The zero-order valence-electron chi connectivity index (χ0n) is 9.82. The molecule has 0 saturated heterocycles. The van der Waals surface area contributed by atoms with E-state index in [9.17, 15) is 0 Å². The lowest BCUT2D eigenvalue weighted by Gasteiger charge is -2.11. The van der Waals surface area contributed by atoms with E-state index in [1.165, 1.54) is 6.20 Å². The van der Waals surface area contributed by atoms with Crippen molar-refractivity contribution in [1.82, 2.24) is 0 Å². The summed E-state index contributed by atoms with van der Waals surface area (Å²) in [6.45, 7) is 9.45. The maximum absolute atomic E-state index is 5.14. The summed E-state index contributed by atoms with van der Waals surface area (Å²) in [5, 5.41) is 0. The van der Waals surface area contributed by atoms with Crippen molar-refractivity contribution < 1.29 is 4.74 Å². The van der Waals surface area contributed by atoms with Crippen molar-refractivity contribution in [3.8, 4) is 0 Å². The van der Waals surface area contributed by atoms with Crippen LogP contribution in [0.2, 0.25) is 0 Å². The van der Waals surface area contributed by atoms with Gasteiger partial charge in [0.25, 0.3) is 0 Å². The van der Waals surface area contributed by atoms with Crippen molar-refractivity contribution in [2.45, 2.75) is 20.8 Å². The molecule has 0 bridgehead atoms. The van der Waals surface area contributed by atoms with Crippen molar-refractivity contribution >= 4 is 11.9 Å². The molecule has 0 atom stereocenters. The lowest BCUT2D eigenvalue weighted by molar-refractivity contribution is 0.315. The molecular weight excluding hydrogens is 188 g/mol. The molecule has 0 aromatic rings. The van der Waals surface area contributed by atoms with E-state index in [0.29, 0.717) is 5.76 Å². The maximum atomic E-state index is 5.14. The molecule has 3 heteroatoms. The van der Waals surface area contributed by atoms with Gasteiger partial charge in [-0.2, -0.15) is 0 Å². The van der Waals surface area contributed by atoms with E-state index in [2.05, 4.69) is 16.6 Å². The molecular formula is C12H18N2O. The zero-order chi connectivity index (χ0) is 11.7. The van der Waals surface area contributed by atoms with Crippen LogP contribution in [-0.4, -0.2) is 19.0 Å². The second kappa shape index (κ2) is 7.74. The first kappa shape index (κ1) is 13.4. The Morgan fingerprint density at radius 3 is 2.60 bits per heavy atom. The molecule has 0 N–H and O–H groups in total. The molecule has 3 nitrogen and oxygen atoms in total. The van der Waals surface area contributed by atoms with Gasteiger partial charge in [0.1, 0.15) is 11.5 Å². The Morgan fingerprint density at radius 2 is 2.13 bits per heavy atom. The first-order valence-electron chi connectivity index (χ1n) is 4.97. The summed E-state index contributed by atoms with van der Waals surface area (Å²) in [5.74, 6) is 0.711. The van der Waals surface area contributed by atoms with Gasteiger partial charge in [0, 0.05) is 18.5 Å². The number of dihydropyridines is 1. The normalized spacial score (nSPS) is 19.3. The first-order chi connectivity index (χ1) is 7.33. The SMILES string of the molecule is C=CN=C1C(OC)=CC=N/C1=C/C.CC. The fourth-order valence-electron chi connectivity index (χ4n) is 1.05. The number of nitrogens with zero attached hydrogens (tertiary/aromatic N) is 2. The number of ether oxygens (including phenoxy) is 1. The van der Waals surface area contributed by atoms with E-state index >= 15 is 0 Å². The lowest BCUT2D eigenvalue weighted by atomic mass is 10.2. The number of aliphatic imine (C=N–C) groups is 2. The summed E-state index contributed by atoms with van der Waals surface area (Å²) in [5.41, 5.74) is 1.53. The largest absolute Gasteiger partial charge is 0.494 e. The maximum Gasteiger partial charge on any atom is 0.148 e. The zero-order valence-corrected chi connectivity index (χ0v) is 9.82. The van der Waals surface area contributed by atoms with Gasteiger partial charge in [-0.1, -0.05) is 26.5 Å². The van der Waals surface area contributed by atoms with Crippen molar-refractivity contribution in [3.63, 3.8) is 0 Å². The molecule has 0 fully saturated rings. The van der Waals surface area contributed by atoms with Gasteiger partial charge in [0.2, 0.25) is 0 Å². The van der Waals surface area contributed by atoms with Gasteiger partial charge in [-0.3, -0.25) is 9.98 Å². The molecule has 0 amide bonds. The average molecular weight is 206 g/mol. The van der Waals surface area contributed by atoms with E-state index in [4.69, 9.17) is 4.74 Å². The molecule has 0 spiro atoms. The van der Waals surface area contributed by atoms with E-state index in [1.54, 1.807) is 19.4 Å². The Hall–Kier alpha value is -1.64. The highest BCUT2D eigenvalue weighted by Crippen LogP contribution is 2.14. The Bertz CT molecular complexity index is 323. The Balaban J connectivity index is 0.000000921. The van der Waals surface area contributed by atoms with E-state index in [-0.39, 0.29) is 0 Å². The molecule has 15 heavy (non-hydrogen) atoms. The molecule has 0 aliphatic carbocycles. The molecule has 0 aromatic carbocycles. The number of rotatable bonds is 2.